The maximum atomic E-state index is 6.54. The number of rotatable bonds is 4. The normalized spacial score (nSPS) is 15.8. The van der Waals surface area contributed by atoms with Crippen molar-refractivity contribution in [3.8, 4) is 5.95 Å². The van der Waals surface area contributed by atoms with E-state index in [2.05, 4.69) is 107 Å². The standard InChI is InChI=1S/C30H44O2/c1-13-29(9,10)19-15-21-22-16-20(30(11,12)14-2)18-24(28(6,7)8)31-26(22)32-25(21)23(17-19)27(3,4)5/h15-18H,13-14H2,1-12H3. The van der Waals surface area contributed by atoms with E-state index in [1.54, 1.807) is 0 Å². The molecule has 0 N–H and O–H groups in total. The molecule has 0 saturated carbocycles. The number of benzene rings is 1. The van der Waals surface area contributed by atoms with Gasteiger partial charge in [0, 0.05) is 16.4 Å². The van der Waals surface area contributed by atoms with Crippen molar-refractivity contribution in [3.63, 3.8) is 0 Å². The van der Waals surface area contributed by atoms with Gasteiger partial charge in [-0.25, -0.2) is 0 Å². The quantitative estimate of drug-likeness (QED) is 0.476. The van der Waals surface area contributed by atoms with E-state index in [-0.39, 0.29) is 21.7 Å². The monoisotopic (exact) mass is 436 g/mol. The van der Waals surface area contributed by atoms with Crippen molar-refractivity contribution >= 4 is 17.0 Å². The fraction of sp³-hybridized carbons (Fsp3) is 0.600. The van der Waals surface area contributed by atoms with Crippen LogP contribution in [0, 0.1) is 10.8 Å². The van der Waals surface area contributed by atoms with E-state index in [0.29, 0.717) is 5.95 Å². The summed E-state index contributed by atoms with van der Waals surface area (Å²) in [5, 5.41) is 1.16. The summed E-state index contributed by atoms with van der Waals surface area (Å²) >= 11 is 0. The van der Waals surface area contributed by atoms with Gasteiger partial charge >= 0.3 is 0 Å². The fourth-order valence-electron chi connectivity index (χ4n) is 3.99. The van der Waals surface area contributed by atoms with Crippen LogP contribution >= 0.6 is 0 Å². The first kappa shape index (κ1) is 24.7. The topological polar surface area (TPSA) is 22.4 Å². The van der Waals surface area contributed by atoms with E-state index in [9.17, 15) is 0 Å². The summed E-state index contributed by atoms with van der Waals surface area (Å²) in [7, 11) is 0. The predicted molar refractivity (Wildman–Crippen MR) is 138 cm³/mol. The van der Waals surface area contributed by atoms with Gasteiger partial charge in [0.1, 0.15) is 11.3 Å². The van der Waals surface area contributed by atoms with Crippen molar-refractivity contribution in [1.82, 2.24) is 0 Å². The van der Waals surface area contributed by atoms with E-state index < -0.39 is 0 Å². The lowest BCUT2D eigenvalue weighted by molar-refractivity contribution is 0.245. The highest BCUT2D eigenvalue weighted by molar-refractivity contribution is 5.94. The Balaban J connectivity index is 2.42. The van der Waals surface area contributed by atoms with Crippen LogP contribution in [0.15, 0.2) is 34.0 Å². The molecule has 0 atom stereocenters. The second kappa shape index (κ2) is 7.82. The average molecular weight is 437 g/mol. The molecule has 2 aromatic rings. The molecule has 1 aromatic heterocycles. The van der Waals surface area contributed by atoms with Crippen molar-refractivity contribution in [2.75, 3.05) is 0 Å². The van der Waals surface area contributed by atoms with Gasteiger partial charge in [-0.1, -0.05) is 89.2 Å². The minimum atomic E-state index is -0.119. The lowest BCUT2D eigenvalue weighted by Gasteiger charge is -2.28. The van der Waals surface area contributed by atoms with Gasteiger partial charge in [-0.15, -0.1) is 0 Å². The number of allylic oxidation sites excluding steroid dienone is 3. The second-order valence-electron chi connectivity index (χ2n) is 12.9. The Labute approximate surface area is 196 Å². The van der Waals surface area contributed by atoms with Crippen LogP contribution < -0.4 is 4.74 Å². The minimum Gasteiger partial charge on any atom is -0.429 e. The zero-order valence-electron chi connectivity index (χ0n) is 22.5. The first-order valence-electron chi connectivity index (χ1n) is 12.2. The molecular weight excluding hydrogens is 392 g/mol. The second-order valence-corrected chi connectivity index (χ2v) is 12.9. The molecule has 0 aliphatic carbocycles. The molecule has 0 saturated heterocycles. The highest BCUT2D eigenvalue weighted by Crippen LogP contribution is 2.47. The van der Waals surface area contributed by atoms with Gasteiger partial charge in [0.2, 0.25) is 0 Å². The molecule has 2 heteroatoms. The largest absolute Gasteiger partial charge is 0.429 e. The van der Waals surface area contributed by atoms with Crippen molar-refractivity contribution in [2.45, 2.75) is 107 Å². The average Bonchev–Trinajstić information content (AvgIpc) is 2.88. The van der Waals surface area contributed by atoms with Gasteiger partial charge in [-0.05, 0) is 58.4 Å². The molecule has 1 aliphatic rings. The molecular formula is C30H44O2. The number of hydrogen-bond acceptors (Lipinski definition) is 2. The number of hydrogen-bond donors (Lipinski definition) is 0. The van der Waals surface area contributed by atoms with Gasteiger partial charge in [-0.2, -0.15) is 0 Å². The van der Waals surface area contributed by atoms with Crippen LogP contribution in [-0.4, -0.2) is 0 Å². The van der Waals surface area contributed by atoms with Crippen LogP contribution in [0.2, 0.25) is 0 Å². The van der Waals surface area contributed by atoms with Crippen LogP contribution in [0.1, 0.15) is 113 Å². The summed E-state index contributed by atoms with van der Waals surface area (Å²) in [6, 6.07) is 4.70. The summed E-state index contributed by atoms with van der Waals surface area (Å²) in [5.41, 5.74) is 5.91. The van der Waals surface area contributed by atoms with E-state index in [1.165, 1.54) is 16.7 Å². The number of fused-ring (bicyclic) bond motifs is 3. The molecule has 0 fully saturated rings. The number of ether oxygens (including phenoxy) is 1. The fourth-order valence-corrected chi connectivity index (χ4v) is 3.99. The summed E-state index contributed by atoms with van der Waals surface area (Å²) < 4.78 is 13.1. The third-order valence-electron chi connectivity index (χ3n) is 7.46. The molecule has 32 heavy (non-hydrogen) atoms. The molecule has 0 unspecified atom stereocenters. The summed E-state index contributed by atoms with van der Waals surface area (Å²) in [6.07, 6.45) is 6.70. The number of furan rings is 1. The Kier molecular flexibility index (Phi) is 6.03. The molecule has 2 nitrogen and oxygen atoms in total. The van der Waals surface area contributed by atoms with Crippen molar-refractivity contribution in [2.24, 2.45) is 10.8 Å². The molecule has 1 aliphatic heterocycles. The third kappa shape index (κ3) is 4.43. The van der Waals surface area contributed by atoms with Crippen molar-refractivity contribution < 1.29 is 9.15 Å². The van der Waals surface area contributed by atoms with Crippen LogP contribution in [0.25, 0.3) is 17.0 Å². The van der Waals surface area contributed by atoms with Crippen LogP contribution in [0.4, 0.5) is 0 Å². The van der Waals surface area contributed by atoms with E-state index in [4.69, 9.17) is 9.15 Å². The van der Waals surface area contributed by atoms with Gasteiger partial charge in [-0.3, -0.25) is 0 Å². The van der Waals surface area contributed by atoms with Gasteiger partial charge < -0.3 is 9.15 Å². The highest BCUT2D eigenvalue weighted by atomic mass is 16.6. The summed E-state index contributed by atoms with van der Waals surface area (Å²) in [6.45, 7) is 27.2. The Bertz CT molecular complexity index is 1070. The summed E-state index contributed by atoms with van der Waals surface area (Å²) in [4.78, 5) is 0. The van der Waals surface area contributed by atoms with E-state index in [0.717, 1.165) is 35.1 Å². The van der Waals surface area contributed by atoms with E-state index >= 15 is 0 Å². The highest BCUT2D eigenvalue weighted by Gasteiger charge is 2.33. The molecule has 0 spiro atoms. The van der Waals surface area contributed by atoms with Crippen molar-refractivity contribution in [3.05, 3.63) is 46.2 Å². The first-order chi connectivity index (χ1) is 14.5. The summed E-state index contributed by atoms with van der Waals surface area (Å²) in [5.74, 6) is 1.58. The molecule has 0 bridgehead atoms. The Morgan fingerprint density at radius 1 is 0.719 bits per heavy atom. The zero-order valence-corrected chi connectivity index (χ0v) is 22.5. The smallest absolute Gasteiger partial charge is 0.298 e. The maximum absolute atomic E-state index is 6.54. The van der Waals surface area contributed by atoms with Gasteiger partial charge in [0.25, 0.3) is 5.95 Å². The SMILES string of the molecule is CCC(C)(C)C1=Cc2c(oc3c(C(C)(C)C)cc(C(C)(C)CC)cc23)OC(C(C)(C)C)=C1. The molecule has 0 radical (unpaired) electrons. The van der Waals surface area contributed by atoms with Crippen LogP contribution in [-0.2, 0) is 10.8 Å². The van der Waals surface area contributed by atoms with Crippen LogP contribution in [0.3, 0.4) is 0 Å². The maximum Gasteiger partial charge on any atom is 0.298 e. The molecule has 3 rings (SSSR count). The van der Waals surface area contributed by atoms with E-state index in [1.807, 2.05) is 0 Å². The molecule has 1 aromatic carbocycles. The van der Waals surface area contributed by atoms with Gasteiger partial charge in [0.15, 0.2) is 0 Å². The van der Waals surface area contributed by atoms with Gasteiger partial charge in [0.05, 0.1) is 5.56 Å². The zero-order chi connectivity index (χ0) is 24.3. The lowest BCUT2D eigenvalue weighted by Crippen LogP contribution is -2.18. The lowest BCUT2D eigenvalue weighted by atomic mass is 9.76. The Morgan fingerprint density at radius 3 is 1.81 bits per heavy atom. The molecule has 2 heterocycles. The minimum absolute atomic E-state index is 0.0352. The third-order valence-corrected chi connectivity index (χ3v) is 7.46. The molecule has 176 valence electrons. The Hall–Kier alpha value is -1.96. The van der Waals surface area contributed by atoms with Crippen molar-refractivity contribution in [1.29, 1.82) is 0 Å². The predicted octanol–water partition coefficient (Wildman–Crippen LogP) is 9.56. The first-order valence-corrected chi connectivity index (χ1v) is 12.2. The Morgan fingerprint density at radius 2 is 1.31 bits per heavy atom. The van der Waals surface area contributed by atoms with Crippen LogP contribution in [0.5, 0.6) is 5.95 Å². The molecule has 0 amide bonds.